The highest BCUT2D eigenvalue weighted by Crippen LogP contribution is 2.45. The van der Waals surface area contributed by atoms with Crippen LogP contribution in [0.4, 0.5) is 0 Å². The fraction of sp³-hybridized carbons (Fsp3) is 0.778. The van der Waals surface area contributed by atoms with Crippen LogP contribution in [0.25, 0.3) is 0 Å². The molecular weight excluding hydrogens is 498 g/mol. The minimum Gasteiger partial charge on any atom is -0.478 e. The minimum atomic E-state index is -1.72. The van der Waals surface area contributed by atoms with Gasteiger partial charge < -0.3 is 14.2 Å². The van der Waals surface area contributed by atoms with Crippen molar-refractivity contribution in [3.8, 4) is 0 Å². The molecule has 1 aliphatic rings. The summed E-state index contributed by atoms with van der Waals surface area (Å²) in [6, 6.07) is -0.905. The summed E-state index contributed by atoms with van der Waals surface area (Å²) in [6.07, 6.45) is 7.97. The first-order valence-corrected chi connectivity index (χ1v) is 13.8. The van der Waals surface area contributed by atoms with Gasteiger partial charge in [-0.3, -0.25) is 9.59 Å². The number of unbranched alkanes of at least 4 members (excludes halogenated alkanes) is 1. The molecule has 0 fully saturated rings. The van der Waals surface area contributed by atoms with Gasteiger partial charge in [0.25, 0.3) is 0 Å². The van der Waals surface area contributed by atoms with E-state index in [0.717, 1.165) is 24.8 Å². The van der Waals surface area contributed by atoms with Crippen molar-refractivity contribution in [3.63, 3.8) is 0 Å². The number of rotatable bonds is 12. The second-order valence-corrected chi connectivity index (χ2v) is 13.4. The molecule has 7 nitrogen and oxygen atoms in total. The maximum atomic E-state index is 13.1. The zero-order chi connectivity index (χ0) is 27.6. The van der Waals surface area contributed by atoms with E-state index in [4.69, 9.17) is 26.4 Å². The van der Waals surface area contributed by atoms with E-state index >= 15 is 0 Å². The standard InChI is InChI=1S/C27H43NO6S2/c1-9-10-11-21(28-18-29)27(22(30)32-7,23(31)33-8)16-19-12-14-20(15-13-19)26(5,6)36-24(35)34-17-25(2,3)4/h12,20-21H,9-11,13-17H2,1-8H3/t20-,21?/m0/s1. The molecule has 0 saturated heterocycles. The highest BCUT2D eigenvalue weighted by molar-refractivity contribution is 8.23. The second kappa shape index (κ2) is 14.3. The molecule has 1 unspecified atom stereocenters. The third-order valence-corrected chi connectivity index (χ3v) is 8.18. The van der Waals surface area contributed by atoms with Gasteiger partial charge in [-0.15, -0.1) is 0 Å². The molecule has 0 saturated carbocycles. The largest absolute Gasteiger partial charge is 0.478 e. The molecule has 36 heavy (non-hydrogen) atoms. The lowest BCUT2D eigenvalue weighted by molar-refractivity contribution is -0.171. The number of nitrogens with zero attached hydrogens (tertiary/aromatic N) is 1. The van der Waals surface area contributed by atoms with Crippen LogP contribution >= 0.6 is 24.0 Å². The van der Waals surface area contributed by atoms with Crippen molar-refractivity contribution in [2.24, 2.45) is 21.7 Å². The molecule has 9 heteroatoms. The Hall–Kier alpha value is -1.70. The molecule has 0 spiro atoms. The Morgan fingerprint density at radius 1 is 1.19 bits per heavy atom. The zero-order valence-corrected chi connectivity index (χ0v) is 24.7. The summed E-state index contributed by atoms with van der Waals surface area (Å²) < 4.78 is 16.3. The van der Waals surface area contributed by atoms with Crippen LogP contribution in [0.15, 0.2) is 16.6 Å². The molecule has 0 heterocycles. The van der Waals surface area contributed by atoms with Gasteiger partial charge in [-0.1, -0.05) is 63.9 Å². The van der Waals surface area contributed by atoms with Gasteiger partial charge in [0.1, 0.15) is 0 Å². The van der Waals surface area contributed by atoms with E-state index in [2.05, 4.69) is 45.7 Å². The fourth-order valence-corrected chi connectivity index (χ4v) is 6.14. The summed E-state index contributed by atoms with van der Waals surface area (Å²) in [4.78, 5) is 41.3. The molecular formula is C27H43NO6S2. The number of hydrogen-bond donors (Lipinski definition) is 0. The van der Waals surface area contributed by atoms with Crippen LogP contribution in [0.2, 0.25) is 0 Å². The van der Waals surface area contributed by atoms with Crippen LogP contribution < -0.4 is 0 Å². The van der Waals surface area contributed by atoms with Crippen LogP contribution in [-0.4, -0.2) is 54.0 Å². The lowest BCUT2D eigenvalue weighted by atomic mass is 9.70. The zero-order valence-electron chi connectivity index (χ0n) is 23.1. The lowest BCUT2D eigenvalue weighted by Crippen LogP contribution is -2.50. The van der Waals surface area contributed by atoms with E-state index in [0.29, 0.717) is 36.2 Å². The van der Waals surface area contributed by atoms with Gasteiger partial charge in [-0.2, -0.15) is 0 Å². The normalized spacial score (nSPS) is 17.3. The van der Waals surface area contributed by atoms with Crippen molar-refractivity contribution >= 4 is 46.4 Å². The van der Waals surface area contributed by atoms with E-state index < -0.39 is 23.4 Å². The highest BCUT2D eigenvalue weighted by Gasteiger charge is 2.55. The van der Waals surface area contributed by atoms with Crippen LogP contribution in [0.5, 0.6) is 0 Å². The minimum absolute atomic E-state index is 0.0336. The first kappa shape index (κ1) is 32.3. The summed E-state index contributed by atoms with van der Waals surface area (Å²) in [5.41, 5.74) is -0.732. The Balaban J connectivity index is 3.14. The Kier molecular flexibility index (Phi) is 12.8. The number of allylic oxidation sites excluding steroid dienone is 2. The Morgan fingerprint density at radius 2 is 1.81 bits per heavy atom. The molecule has 0 aromatic heterocycles. The first-order valence-electron chi connectivity index (χ1n) is 12.5. The number of carbonyl (C=O) groups excluding carboxylic acids is 3. The third kappa shape index (κ3) is 9.00. The lowest BCUT2D eigenvalue weighted by Gasteiger charge is -2.38. The highest BCUT2D eigenvalue weighted by atomic mass is 32.2. The predicted molar refractivity (Wildman–Crippen MR) is 148 cm³/mol. The molecule has 0 amide bonds. The van der Waals surface area contributed by atoms with E-state index in [1.807, 2.05) is 6.92 Å². The summed E-state index contributed by atoms with van der Waals surface area (Å²) in [7, 11) is 2.47. The van der Waals surface area contributed by atoms with Gasteiger partial charge in [0, 0.05) is 4.75 Å². The van der Waals surface area contributed by atoms with Crippen molar-refractivity contribution < 1.29 is 28.6 Å². The average molecular weight is 542 g/mol. The molecule has 0 radical (unpaired) electrons. The monoisotopic (exact) mass is 541 g/mol. The number of methoxy groups -OCH3 is 2. The van der Waals surface area contributed by atoms with Gasteiger partial charge in [-0.05, 0) is 69.5 Å². The van der Waals surface area contributed by atoms with E-state index in [-0.39, 0.29) is 16.6 Å². The maximum Gasteiger partial charge on any atom is 0.325 e. The summed E-state index contributed by atoms with van der Waals surface area (Å²) in [5, 5.41) is 0. The molecule has 204 valence electrons. The quantitative estimate of drug-likeness (QED) is 0.0721. The summed E-state index contributed by atoms with van der Waals surface area (Å²) >= 11 is 7.06. The number of esters is 2. The molecule has 1 rings (SSSR count). The van der Waals surface area contributed by atoms with Gasteiger partial charge in [0.15, 0.2) is 5.41 Å². The smallest absolute Gasteiger partial charge is 0.325 e. The van der Waals surface area contributed by atoms with Crippen molar-refractivity contribution in [1.29, 1.82) is 0 Å². The van der Waals surface area contributed by atoms with Crippen LogP contribution in [0, 0.1) is 16.7 Å². The predicted octanol–water partition coefficient (Wildman–Crippen LogP) is 6.19. The first-order chi connectivity index (χ1) is 16.8. The Labute approximate surface area is 226 Å². The molecule has 0 aliphatic heterocycles. The number of hydrogen-bond acceptors (Lipinski definition) is 9. The number of carbonyl (C=O) groups is 2. The number of aliphatic imine (C=N–C) groups is 1. The molecule has 0 aromatic rings. The number of ether oxygens (including phenoxy) is 3. The molecule has 0 aromatic carbocycles. The topological polar surface area (TPSA) is 91.3 Å². The van der Waals surface area contributed by atoms with Crippen molar-refractivity contribution in [3.05, 3.63) is 11.6 Å². The SMILES string of the molecule is CCCCC(N=C=O)C(CC1=CC[C@H](C(C)(C)SC(=S)OCC(C)(C)C)CC1)(C(=O)OC)C(=O)OC. The van der Waals surface area contributed by atoms with Crippen LogP contribution in [0.1, 0.15) is 86.5 Å². The second-order valence-electron chi connectivity index (χ2n) is 11.1. The number of thiocarbonyl (C=S) groups is 1. The number of thioether (sulfide) groups is 1. The van der Waals surface area contributed by atoms with Gasteiger partial charge in [0.2, 0.25) is 10.5 Å². The van der Waals surface area contributed by atoms with Gasteiger partial charge >= 0.3 is 11.9 Å². The van der Waals surface area contributed by atoms with E-state index in [1.54, 1.807) is 17.8 Å². The van der Waals surface area contributed by atoms with Crippen LogP contribution in [0.3, 0.4) is 0 Å². The maximum absolute atomic E-state index is 13.1. The molecule has 0 N–H and O–H groups in total. The van der Waals surface area contributed by atoms with Gasteiger partial charge in [-0.25, -0.2) is 9.79 Å². The van der Waals surface area contributed by atoms with Crippen LogP contribution in [-0.2, 0) is 28.6 Å². The fourth-order valence-electron chi connectivity index (χ4n) is 4.51. The molecule has 1 aliphatic carbocycles. The Morgan fingerprint density at radius 3 is 2.25 bits per heavy atom. The van der Waals surface area contributed by atoms with Gasteiger partial charge in [0.05, 0.1) is 26.9 Å². The summed E-state index contributed by atoms with van der Waals surface area (Å²) in [6.45, 7) is 13.2. The summed E-state index contributed by atoms with van der Waals surface area (Å²) in [5.74, 6) is -1.15. The van der Waals surface area contributed by atoms with E-state index in [1.165, 1.54) is 14.2 Å². The van der Waals surface area contributed by atoms with Crippen molar-refractivity contribution in [1.82, 2.24) is 0 Å². The third-order valence-electron chi connectivity index (χ3n) is 6.67. The molecule has 2 atom stereocenters. The van der Waals surface area contributed by atoms with Crippen molar-refractivity contribution in [2.45, 2.75) is 97.3 Å². The Bertz CT molecular complexity index is 839. The van der Waals surface area contributed by atoms with E-state index in [9.17, 15) is 14.4 Å². The average Bonchev–Trinajstić information content (AvgIpc) is 2.82. The molecule has 0 bridgehead atoms. The van der Waals surface area contributed by atoms with Crippen molar-refractivity contribution in [2.75, 3.05) is 20.8 Å². The number of isocyanates is 1.